The van der Waals surface area contributed by atoms with Gasteiger partial charge in [0, 0.05) is 22.6 Å². The Hall–Kier alpha value is -4.39. The fourth-order valence-electron chi connectivity index (χ4n) is 4.52. The van der Waals surface area contributed by atoms with Gasteiger partial charge in [0.1, 0.15) is 17.6 Å². The number of benzene rings is 3. The predicted molar refractivity (Wildman–Crippen MR) is 129 cm³/mol. The van der Waals surface area contributed by atoms with Crippen molar-refractivity contribution < 1.29 is 14.3 Å². The Labute approximate surface area is 197 Å². The van der Waals surface area contributed by atoms with Crippen LogP contribution in [0.3, 0.4) is 0 Å². The molecule has 2 heterocycles. The van der Waals surface area contributed by atoms with Crippen LogP contribution in [-0.4, -0.2) is 34.7 Å². The van der Waals surface area contributed by atoms with Crippen LogP contribution in [0.5, 0.6) is 5.75 Å². The highest BCUT2D eigenvalue weighted by Gasteiger charge is 2.42. The first-order valence-electron chi connectivity index (χ1n) is 11.0. The van der Waals surface area contributed by atoms with E-state index < -0.39 is 12.0 Å². The van der Waals surface area contributed by atoms with Gasteiger partial charge in [-0.2, -0.15) is 5.10 Å². The van der Waals surface area contributed by atoms with Gasteiger partial charge in [-0.3, -0.25) is 9.59 Å². The molecule has 1 aromatic heterocycles. The van der Waals surface area contributed by atoms with Gasteiger partial charge in [0.25, 0.3) is 5.91 Å². The lowest BCUT2D eigenvalue weighted by atomic mass is 9.81. The van der Waals surface area contributed by atoms with Gasteiger partial charge in [-0.05, 0) is 37.3 Å². The van der Waals surface area contributed by atoms with Crippen molar-refractivity contribution in [1.82, 2.24) is 15.1 Å². The van der Waals surface area contributed by atoms with E-state index in [-0.39, 0.29) is 11.8 Å². The molecular weight excluding hydrogens is 428 g/mol. The van der Waals surface area contributed by atoms with Gasteiger partial charge in [-0.1, -0.05) is 54.6 Å². The number of carbonyl (C=O) groups is 2. The molecule has 170 valence electrons. The highest BCUT2D eigenvalue weighted by Crippen LogP contribution is 2.43. The Balaban J connectivity index is 1.66. The van der Waals surface area contributed by atoms with Crippen LogP contribution in [0.15, 0.2) is 84.9 Å². The fourth-order valence-corrected chi connectivity index (χ4v) is 4.52. The van der Waals surface area contributed by atoms with E-state index in [0.717, 1.165) is 22.5 Å². The van der Waals surface area contributed by atoms with E-state index in [4.69, 9.17) is 9.84 Å². The Morgan fingerprint density at radius 3 is 2.32 bits per heavy atom. The number of fused-ring (bicyclic) bond motifs is 1. The van der Waals surface area contributed by atoms with Crippen molar-refractivity contribution >= 4 is 17.6 Å². The number of aryl methyl sites for hydroxylation is 1. The van der Waals surface area contributed by atoms with Crippen molar-refractivity contribution in [3.8, 4) is 11.4 Å². The van der Waals surface area contributed by atoms with Crippen molar-refractivity contribution in [2.45, 2.75) is 18.9 Å². The van der Waals surface area contributed by atoms with Crippen molar-refractivity contribution in [3.63, 3.8) is 0 Å². The number of rotatable bonds is 5. The maximum absolute atomic E-state index is 13.5. The number of para-hydroxylation sites is 2. The van der Waals surface area contributed by atoms with Crippen molar-refractivity contribution in [3.05, 3.63) is 107 Å². The maximum Gasteiger partial charge on any atom is 0.251 e. The Morgan fingerprint density at radius 1 is 0.971 bits per heavy atom. The number of aromatic nitrogens is 2. The van der Waals surface area contributed by atoms with Gasteiger partial charge in [-0.15, -0.1) is 0 Å². The van der Waals surface area contributed by atoms with Gasteiger partial charge >= 0.3 is 0 Å². The molecule has 0 saturated carbocycles. The molecule has 0 unspecified atom stereocenters. The van der Waals surface area contributed by atoms with Crippen LogP contribution in [0, 0.1) is 6.92 Å². The second kappa shape index (κ2) is 8.86. The molecule has 0 radical (unpaired) electrons. The van der Waals surface area contributed by atoms with E-state index in [1.54, 1.807) is 36.1 Å². The topological polar surface area (TPSA) is 85.2 Å². The summed E-state index contributed by atoms with van der Waals surface area (Å²) in [5.74, 6) is 0.0979. The molecule has 7 nitrogen and oxygen atoms in total. The van der Waals surface area contributed by atoms with Gasteiger partial charge in [-0.25, -0.2) is 4.68 Å². The van der Waals surface area contributed by atoms with Crippen LogP contribution in [0.1, 0.15) is 33.1 Å². The molecule has 0 spiro atoms. The third kappa shape index (κ3) is 3.71. The molecule has 2 N–H and O–H groups in total. The first-order valence-corrected chi connectivity index (χ1v) is 11.0. The zero-order chi connectivity index (χ0) is 23.7. The predicted octanol–water partition coefficient (Wildman–Crippen LogP) is 4.07. The van der Waals surface area contributed by atoms with E-state index in [0.29, 0.717) is 17.1 Å². The molecule has 0 saturated heterocycles. The number of carbonyl (C=O) groups excluding carboxylic acids is 2. The van der Waals surface area contributed by atoms with Crippen LogP contribution in [0.4, 0.5) is 5.82 Å². The Morgan fingerprint density at radius 2 is 1.62 bits per heavy atom. The molecule has 3 aromatic carbocycles. The molecule has 0 bridgehead atoms. The Bertz CT molecular complexity index is 1350. The second-order valence-corrected chi connectivity index (χ2v) is 8.12. The van der Waals surface area contributed by atoms with Crippen LogP contribution < -0.4 is 15.4 Å². The van der Waals surface area contributed by atoms with E-state index in [2.05, 4.69) is 10.6 Å². The average Bonchev–Trinajstić information content (AvgIpc) is 3.21. The Kier molecular flexibility index (Phi) is 5.59. The lowest BCUT2D eigenvalue weighted by Gasteiger charge is -2.33. The monoisotopic (exact) mass is 452 g/mol. The minimum atomic E-state index is -0.858. The lowest BCUT2D eigenvalue weighted by Crippen LogP contribution is -2.50. The summed E-state index contributed by atoms with van der Waals surface area (Å²) in [6, 6.07) is 25.2. The summed E-state index contributed by atoms with van der Waals surface area (Å²) in [7, 11) is 1.60. The average molecular weight is 453 g/mol. The smallest absolute Gasteiger partial charge is 0.251 e. The molecule has 2 amide bonds. The van der Waals surface area contributed by atoms with Crippen LogP contribution in [0.2, 0.25) is 0 Å². The van der Waals surface area contributed by atoms with Gasteiger partial charge in [0.2, 0.25) is 5.91 Å². The third-order valence-corrected chi connectivity index (χ3v) is 6.07. The van der Waals surface area contributed by atoms with Gasteiger partial charge < -0.3 is 15.4 Å². The highest BCUT2D eigenvalue weighted by atomic mass is 16.5. The summed E-state index contributed by atoms with van der Waals surface area (Å²) < 4.78 is 7.38. The summed E-state index contributed by atoms with van der Waals surface area (Å²) in [5.41, 5.74) is 3.71. The zero-order valence-corrected chi connectivity index (χ0v) is 18.9. The SMILES string of the molecule is COc1ccccc1[C@H]1c2c(C)nn(-c3ccccc3)c2NC(=O)[C@H]1NC(=O)c1ccccc1. The molecule has 34 heavy (non-hydrogen) atoms. The summed E-state index contributed by atoms with van der Waals surface area (Å²) in [6.45, 7) is 1.91. The largest absolute Gasteiger partial charge is 0.496 e. The van der Waals surface area contributed by atoms with Gasteiger partial charge in [0.05, 0.1) is 18.5 Å². The quantitative estimate of drug-likeness (QED) is 0.478. The zero-order valence-electron chi connectivity index (χ0n) is 18.9. The normalized spacial score (nSPS) is 16.9. The van der Waals surface area contributed by atoms with E-state index in [1.807, 2.05) is 67.6 Å². The first kappa shape index (κ1) is 21.5. The van der Waals surface area contributed by atoms with E-state index >= 15 is 0 Å². The molecular formula is C27H24N4O3. The first-order chi connectivity index (χ1) is 16.6. The van der Waals surface area contributed by atoms with Crippen LogP contribution >= 0.6 is 0 Å². The van der Waals surface area contributed by atoms with Crippen molar-refractivity contribution in [2.75, 3.05) is 12.4 Å². The van der Waals surface area contributed by atoms with Crippen LogP contribution in [-0.2, 0) is 4.79 Å². The number of nitrogens with zero attached hydrogens (tertiary/aromatic N) is 2. The molecule has 1 aliphatic rings. The number of anilines is 1. The van der Waals surface area contributed by atoms with E-state index in [9.17, 15) is 9.59 Å². The van der Waals surface area contributed by atoms with Crippen molar-refractivity contribution in [1.29, 1.82) is 0 Å². The molecule has 0 aliphatic carbocycles. The number of ether oxygens (including phenoxy) is 1. The molecule has 5 rings (SSSR count). The van der Waals surface area contributed by atoms with Gasteiger partial charge in [0.15, 0.2) is 0 Å². The van der Waals surface area contributed by atoms with Crippen LogP contribution in [0.25, 0.3) is 5.69 Å². The fraction of sp³-hybridized carbons (Fsp3) is 0.148. The molecule has 2 atom stereocenters. The second-order valence-electron chi connectivity index (χ2n) is 8.12. The molecule has 7 heteroatoms. The summed E-state index contributed by atoms with van der Waals surface area (Å²) in [6.07, 6.45) is 0. The lowest BCUT2D eigenvalue weighted by molar-refractivity contribution is -0.118. The number of hydrogen-bond donors (Lipinski definition) is 2. The maximum atomic E-state index is 13.5. The number of hydrogen-bond acceptors (Lipinski definition) is 4. The standard InChI is InChI=1S/C27H24N4O3/c1-17-22-23(20-15-9-10-16-21(20)34-2)24(28-26(32)18-11-5-3-6-12-18)27(33)29-25(22)31(30-17)19-13-7-4-8-14-19/h3-16,23-24H,1-2H3,(H,28,32)(H,29,33)/t23-,24-/m0/s1. The highest BCUT2D eigenvalue weighted by molar-refractivity contribution is 6.04. The summed E-state index contributed by atoms with van der Waals surface area (Å²) in [5, 5.41) is 10.7. The summed E-state index contributed by atoms with van der Waals surface area (Å²) >= 11 is 0. The summed E-state index contributed by atoms with van der Waals surface area (Å²) in [4.78, 5) is 26.6. The third-order valence-electron chi connectivity index (χ3n) is 6.07. The number of nitrogens with one attached hydrogen (secondary N) is 2. The minimum absolute atomic E-state index is 0.315. The minimum Gasteiger partial charge on any atom is -0.496 e. The molecule has 1 aliphatic heterocycles. The van der Waals surface area contributed by atoms with E-state index in [1.165, 1.54) is 0 Å². The number of amides is 2. The van der Waals surface area contributed by atoms with Crippen molar-refractivity contribution in [2.24, 2.45) is 0 Å². The number of methoxy groups -OCH3 is 1. The molecule has 4 aromatic rings. The molecule has 0 fully saturated rings.